The molecule has 2 aromatic rings. The molecule has 3 rings (SSSR count). The Bertz CT molecular complexity index is 731. The first-order valence-electron chi connectivity index (χ1n) is 6.60. The van der Waals surface area contributed by atoms with E-state index >= 15 is 0 Å². The molecule has 3 heterocycles. The minimum atomic E-state index is -4.22. The maximum absolute atomic E-state index is 10.9. The van der Waals surface area contributed by atoms with Gasteiger partial charge in [-0.2, -0.15) is 0 Å². The molecule has 0 radical (unpaired) electrons. The molecule has 0 aromatic carbocycles. The third-order valence-corrected chi connectivity index (χ3v) is 3.92. The van der Waals surface area contributed by atoms with Gasteiger partial charge < -0.3 is 25.0 Å². The number of rotatable bonds is 4. The molecule has 0 aliphatic carbocycles. The van der Waals surface area contributed by atoms with Crippen molar-refractivity contribution in [1.82, 2.24) is 19.5 Å². The molecule has 1 aliphatic rings. The standard InChI is InChI=1S/C11H16N5O5P/c1-6-2-7(20-5-22(17,18)19)21-11(6)16-4-15-8-9(12)13-3-14-10(8)16/h3-4,6-7,11H,2,5H2,1H3,(H2,12,13,14)(H2,17,18,19)/t6-,7-,11+/m0/s1. The normalized spacial score (nSPS) is 25.9. The molecule has 10 nitrogen and oxygen atoms in total. The van der Waals surface area contributed by atoms with Crippen molar-refractivity contribution in [2.45, 2.75) is 25.9 Å². The number of aromatic nitrogens is 4. The van der Waals surface area contributed by atoms with E-state index in [9.17, 15) is 4.57 Å². The summed E-state index contributed by atoms with van der Waals surface area (Å²) in [4.78, 5) is 29.9. The van der Waals surface area contributed by atoms with Crippen molar-refractivity contribution in [3.05, 3.63) is 12.7 Å². The number of imidazole rings is 1. The monoisotopic (exact) mass is 329 g/mol. The Morgan fingerprint density at radius 3 is 3.00 bits per heavy atom. The van der Waals surface area contributed by atoms with Crippen LogP contribution >= 0.6 is 7.60 Å². The quantitative estimate of drug-likeness (QED) is 0.680. The van der Waals surface area contributed by atoms with Gasteiger partial charge in [-0.1, -0.05) is 6.92 Å². The number of nitrogen functional groups attached to an aromatic ring is 1. The van der Waals surface area contributed by atoms with E-state index in [0.29, 0.717) is 17.6 Å². The molecule has 0 spiro atoms. The van der Waals surface area contributed by atoms with E-state index in [1.807, 2.05) is 6.92 Å². The first kappa shape index (κ1) is 15.3. The number of hydrogen-bond donors (Lipinski definition) is 3. The number of nitrogens with two attached hydrogens (primary N) is 1. The van der Waals surface area contributed by atoms with Crippen LogP contribution in [0.2, 0.25) is 0 Å². The summed E-state index contributed by atoms with van der Waals surface area (Å²) in [5.41, 5.74) is 6.77. The highest BCUT2D eigenvalue weighted by molar-refractivity contribution is 7.51. The SMILES string of the molecule is C[C@H]1C[C@@H](OCP(=O)(O)O)O[C@H]1n1cnc2c(N)ncnc21. The molecule has 22 heavy (non-hydrogen) atoms. The van der Waals surface area contributed by atoms with E-state index in [0.717, 1.165) is 0 Å². The number of nitrogens with zero attached hydrogens (tertiary/aromatic N) is 4. The molecule has 11 heteroatoms. The van der Waals surface area contributed by atoms with Gasteiger partial charge in [0.1, 0.15) is 18.1 Å². The minimum Gasteiger partial charge on any atom is -0.382 e. The van der Waals surface area contributed by atoms with Gasteiger partial charge in [-0.05, 0) is 0 Å². The summed E-state index contributed by atoms with van der Waals surface area (Å²) < 4.78 is 23.4. The average Bonchev–Trinajstić information content (AvgIpc) is 3.00. The van der Waals surface area contributed by atoms with E-state index in [1.54, 1.807) is 10.9 Å². The van der Waals surface area contributed by atoms with Crippen LogP contribution in [0.25, 0.3) is 11.2 Å². The Kier molecular flexibility index (Phi) is 3.87. The molecule has 0 unspecified atom stereocenters. The number of fused-ring (bicyclic) bond motifs is 1. The molecule has 3 atom stereocenters. The Morgan fingerprint density at radius 2 is 2.27 bits per heavy atom. The zero-order chi connectivity index (χ0) is 15.9. The van der Waals surface area contributed by atoms with Gasteiger partial charge in [-0.15, -0.1) is 0 Å². The van der Waals surface area contributed by atoms with Crippen LogP contribution in [0.3, 0.4) is 0 Å². The zero-order valence-corrected chi connectivity index (χ0v) is 12.6. The molecule has 1 aliphatic heterocycles. The van der Waals surface area contributed by atoms with Crippen molar-refractivity contribution in [3.8, 4) is 0 Å². The predicted molar refractivity (Wildman–Crippen MR) is 75.4 cm³/mol. The molecule has 0 amide bonds. The van der Waals surface area contributed by atoms with Crippen molar-refractivity contribution >= 4 is 24.6 Å². The lowest BCUT2D eigenvalue weighted by Crippen LogP contribution is -2.16. The smallest absolute Gasteiger partial charge is 0.351 e. The Balaban J connectivity index is 1.80. The summed E-state index contributed by atoms with van der Waals surface area (Å²) >= 11 is 0. The van der Waals surface area contributed by atoms with Crippen LogP contribution in [0.4, 0.5) is 5.82 Å². The van der Waals surface area contributed by atoms with E-state index in [4.69, 9.17) is 25.0 Å². The highest BCUT2D eigenvalue weighted by Gasteiger charge is 2.36. The van der Waals surface area contributed by atoms with Gasteiger partial charge in [0, 0.05) is 12.3 Å². The first-order chi connectivity index (χ1) is 10.3. The molecule has 0 bridgehead atoms. The van der Waals surface area contributed by atoms with Crippen LogP contribution < -0.4 is 5.73 Å². The van der Waals surface area contributed by atoms with Gasteiger partial charge in [-0.25, -0.2) is 15.0 Å². The van der Waals surface area contributed by atoms with Crippen molar-refractivity contribution < 1.29 is 23.8 Å². The topological polar surface area (TPSA) is 146 Å². The van der Waals surface area contributed by atoms with Gasteiger partial charge in [0.25, 0.3) is 0 Å². The fourth-order valence-electron chi connectivity index (χ4n) is 2.45. The molecular weight excluding hydrogens is 313 g/mol. The lowest BCUT2D eigenvalue weighted by atomic mass is 10.1. The molecule has 120 valence electrons. The number of anilines is 1. The highest BCUT2D eigenvalue weighted by Crippen LogP contribution is 2.40. The third kappa shape index (κ3) is 2.96. The fourth-order valence-corrected chi connectivity index (χ4v) is 2.81. The Morgan fingerprint density at radius 1 is 1.50 bits per heavy atom. The zero-order valence-electron chi connectivity index (χ0n) is 11.7. The average molecular weight is 329 g/mol. The van der Waals surface area contributed by atoms with Crippen molar-refractivity contribution in [2.24, 2.45) is 5.92 Å². The largest absolute Gasteiger partial charge is 0.382 e. The summed E-state index contributed by atoms with van der Waals surface area (Å²) in [6.45, 7) is 1.95. The minimum absolute atomic E-state index is 0.0513. The predicted octanol–water partition coefficient (Wildman–Crippen LogP) is 0.441. The summed E-state index contributed by atoms with van der Waals surface area (Å²) in [6, 6.07) is 0. The molecule has 1 fully saturated rings. The van der Waals surface area contributed by atoms with Gasteiger partial charge >= 0.3 is 7.60 Å². The second-order valence-electron chi connectivity index (χ2n) is 5.21. The summed E-state index contributed by atoms with van der Waals surface area (Å²) in [5.74, 6) is 0.332. The van der Waals surface area contributed by atoms with E-state index in [1.165, 1.54) is 6.33 Å². The van der Waals surface area contributed by atoms with E-state index in [-0.39, 0.29) is 11.7 Å². The Hall–Kier alpha value is -1.58. The second kappa shape index (κ2) is 5.56. The Labute approximate surface area is 125 Å². The number of ether oxygens (including phenoxy) is 2. The van der Waals surface area contributed by atoms with Crippen LogP contribution in [0.5, 0.6) is 0 Å². The van der Waals surface area contributed by atoms with Crippen LogP contribution in [-0.4, -0.2) is 41.9 Å². The van der Waals surface area contributed by atoms with Gasteiger partial charge in [-0.3, -0.25) is 9.13 Å². The van der Waals surface area contributed by atoms with Crippen molar-refractivity contribution in [3.63, 3.8) is 0 Å². The third-order valence-electron chi connectivity index (χ3n) is 3.43. The van der Waals surface area contributed by atoms with Crippen LogP contribution in [-0.2, 0) is 14.0 Å². The van der Waals surface area contributed by atoms with Gasteiger partial charge in [0.2, 0.25) is 0 Å². The summed E-state index contributed by atoms with van der Waals surface area (Å²) in [5, 5.41) is 0. The second-order valence-corrected chi connectivity index (χ2v) is 6.80. The highest BCUT2D eigenvalue weighted by atomic mass is 31.2. The summed E-state index contributed by atoms with van der Waals surface area (Å²) in [6.07, 6.45) is 1.65. The van der Waals surface area contributed by atoms with E-state index < -0.39 is 26.5 Å². The molecular formula is C11H16N5O5P. The van der Waals surface area contributed by atoms with Crippen LogP contribution in [0.15, 0.2) is 12.7 Å². The molecule has 1 saturated heterocycles. The number of hydrogen-bond acceptors (Lipinski definition) is 7. The lowest BCUT2D eigenvalue weighted by molar-refractivity contribution is -0.142. The van der Waals surface area contributed by atoms with Crippen molar-refractivity contribution in [2.75, 3.05) is 12.1 Å². The molecule has 4 N–H and O–H groups in total. The lowest BCUT2D eigenvalue weighted by Gasteiger charge is -2.17. The van der Waals surface area contributed by atoms with E-state index in [2.05, 4.69) is 15.0 Å². The summed E-state index contributed by atoms with van der Waals surface area (Å²) in [7, 11) is -4.22. The fraction of sp³-hybridized carbons (Fsp3) is 0.545. The molecule has 2 aromatic heterocycles. The van der Waals surface area contributed by atoms with Gasteiger partial charge in [0.15, 0.2) is 24.1 Å². The van der Waals surface area contributed by atoms with Gasteiger partial charge in [0.05, 0.1) is 6.33 Å². The maximum Gasteiger partial charge on any atom is 0.351 e. The van der Waals surface area contributed by atoms with Crippen LogP contribution in [0, 0.1) is 5.92 Å². The molecule has 0 saturated carbocycles. The van der Waals surface area contributed by atoms with Crippen LogP contribution in [0.1, 0.15) is 19.6 Å². The van der Waals surface area contributed by atoms with Crippen molar-refractivity contribution in [1.29, 1.82) is 0 Å². The first-order valence-corrected chi connectivity index (χ1v) is 8.39. The maximum atomic E-state index is 10.9.